The van der Waals surface area contributed by atoms with Crippen molar-refractivity contribution in [2.75, 3.05) is 0 Å². The fraction of sp³-hybridized carbons (Fsp3) is 0.0769. The van der Waals surface area contributed by atoms with E-state index in [1.54, 1.807) is 10.9 Å². The Bertz CT molecular complexity index is 831. The van der Waals surface area contributed by atoms with Crippen LogP contribution in [0, 0.1) is 0 Å². The fourth-order valence-electron chi connectivity index (χ4n) is 1.87. The van der Waals surface area contributed by atoms with E-state index >= 15 is 0 Å². The summed E-state index contributed by atoms with van der Waals surface area (Å²) in [5.74, 6) is 0. The molecule has 0 radical (unpaired) electrons. The van der Waals surface area contributed by atoms with E-state index < -0.39 is 11.2 Å². The predicted molar refractivity (Wildman–Crippen MR) is 72.2 cm³/mol. The van der Waals surface area contributed by atoms with Crippen LogP contribution >= 0.6 is 0 Å². The average molecular weight is 269 g/mol. The zero-order chi connectivity index (χ0) is 13.9. The first-order valence-corrected chi connectivity index (χ1v) is 5.99. The molecule has 2 heterocycles. The summed E-state index contributed by atoms with van der Waals surface area (Å²) in [5, 5.41) is 7.92. The lowest BCUT2D eigenvalue weighted by Gasteiger charge is -1.99. The minimum atomic E-state index is -0.546. The van der Waals surface area contributed by atoms with E-state index in [-0.39, 0.29) is 5.56 Å². The first kappa shape index (κ1) is 12.1. The number of aromatic nitrogens is 5. The third kappa shape index (κ3) is 2.41. The zero-order valence-corrected chi connectivity index (χ0v) is 10.4. The lowest BCUT2D eigenvalue weighted by molar-refractivity contribution is 0.650. The molecule has 0 aliphatic carbocycles. The number of aromatic amines is 2. The van der Waals surface area contributed by atoms with Crippen molar-refractivity contribution < 1.29 is 0 Å². The minimum Gasteiger partial charge on any atom is -0.313 e. The number of hydrogen-bond donors (Lipinski definition) is 2. The SMILES string of the molecule is O=c1[nH]cc(-c2cn(Cc3ccccc3)nn2)c(=O)[nH]1. The Kier molecular flexibility index (Phi) is 3.00. The second-order valence-electron chi connectivity index (χ2n) is 4.27. The molecule has 3 aromatic rings. The van der Waals surface area contributed by atoms with Crippen molar-refractivity contribution in [1.29, 1.82) is 0 Å². The molecule has 0 atom stereocenters. The van der Waals surface area contributed by atoms with Gasteiger partial charge in [0.05, 0.1) is 18.3 Å². The van der Waals surface area contributed by atoms with Crippen molar-refractivity contribution >= 4 is 0 Å². The molecule has 0 saturated heterocycles. The number of nitrogens with one attached hydrogen (secondary N) is 2. The highest BCUT2D eigenvalue weighted by atomic mass is 16.2. The van der Waals surface area contributed by atoms with Gasteiger partial charge in [0.25, 0.3) is 5.56 Å². The maximum Gasteiger partial charge on any atom is 0.325 e. The third-order valence-corrected chi connectivity index (χ3v) is 2.82. The van der Waals surface area contributed by atoms with Crippen LogP contribution in [0.1, 0.15) is 5.56 Å². The van der Waals surface area contributed by atoms with Gasteiger partial charge in [-0.3, -0.25) is 9.78 Å². The molecule has 2 aromatic heterocycles. The van der Waals surface area contributed by atoms with E-state index in [0.29, 0.717) is 12.2 Å². The minimum absolute atomic E-state index is 0.281. The van der Waals surface area contributed by atoms with Crippen LogP contribution < -0.4 is 11.2 Å². The molecule has 1 aromatic carbocycles. The molecule has 0 bridgehead atoms. The van der Waals surface area contributed by atoms with E-state index in [4.69, 9.17) is 0 Å². The molecule has 3 rings (SSSR count). The van der Waals surface area contributed by atoms with E-state index in [1.807, 2.05) is 30.3 Å². The second kappa shape index (κ2) is 4.96. The van der Waals surface area contributed by atoms with Gasteiger partial charge in [-0.1, -0.05) is 35.5 Å². The molecule has 0 spiro atoms. The van der Waals surface area contributed by atoms with E-state index in [1.165, 1.54) is 6.20 Å². The first-order valence-electron chi connectivity index (χ1n) is 5.99. The van der Waals surface area contributed by atoms with Crippen LogP contribution in [0.5, 0.6) is 0 Å². The van der Waals surface area contributed by atoms with Gasteiger partial charge < -0.3 is 4.98 Å². The average Bonchev–Trinajstić information content (AvgIpc) is 2.88. The van der Waals surface area contributed by atoms with Crippen LogP contribution in [0.25, 0.3) is 11.3 Å². The van der Waals surface area contributed by atoms with Crippen LogP contribution in [-0.2, 0) is 6.54 Å². The number of nitrogens with zero attached hydrogens (tertiary/aromatic N) is 3. The molecule has 0 amide bonds. The number of rotatable bonds is 3. The van der Waals surface area contributed by atoms with Gasteiger partial charge >= 0.3 is 5.69 Å². The van der Waals surface area contributed by atoms with Crippen molar-refractivity contribution in [3.63, 3.8) is 0 Å². The summed E-state index contributed by atoms with van der Waals surface area (Å²) in [5.41, 5.74) is 0.748. The maximum absolute atomic E-state index is 11.7. The zero-order valence-electron chi connectivity index (χ0n) is 10.4. The Morgan fingerprint density at radius 2 is 1.95 bits per heavy atom. The highest BCUT2D eigenvalue weighted by Gasteiger charge is 2.08. The monoisotopic (exact) mass is 269 g/mol. The van der Waals surface area contributed by atoms with Crippen LogP contribution in [0.2, 0.25) is 0 Å². The first-order chi connectivity index (χ1) is 9.72. The van der Waals surface area contributed by atoms with Crippen molar-refractivity contribution in [3.8, 4) is 11.3 Å². The molecule has 0 saturated carbocycles. The van der Waals surface area contributed by atoms with E-state index in [2.05, 4.69) is 20.3 Å². The lowest BCUT2D eigenvalue weighted by atomic mass is 10.2. The molecule has 20 heavy (non-hydrogen) atoms. The summed E-state index contributed by atoms with van der Waals surface area (Å²) >= 11 is 0. The van der Waals surface area contributed by atoms with Gasteiger partial charge in [-0.15, -0.1) is 5.10 Å². The van der Waals surface area contributed by atoms with Crippen LogP contribution in [0.4, 0.5) is 0 Å². The molecule has 0 unspecified atom stereocenters. The summed E-state index contributed by atoms with van der Waals surface area (Å²) < 4.78 is 1.63. The number of benzene rings is 1. The number of hydrogen-bond acceptors (Lipinski definition) is 4. The van der Waals surface area contributed by atoms with Gasteiger partial charge in [-0.05, 0) is 5.56 Å². The van der Waals surface area contributed by atoms with Gasteiger partial charge in [0.2, 0.25) is 0 Å². The molecule has 0 fully saturated rings. The molecule has 7 nitrogen and oxygen atoms in total. The van der Waals surface area contributed by atoms with Crippen LogP contribution in [0.15, 0.2) is 52.3 Å². The summed E-state index contributed by atoms with van der Waals surface area (Å²) in [6, 6.07) is 9.79. The largest absolute Gasteiger partial charge is 0.325 e. The Balaban J connectivity index is 1.90. The van der Waals surface area contributed by atoms with Crippen molar-refractivity contribution in [1.82, 2.24) is 25.0 Å². The van der Waals surface area contributed by atoms with Crippen molar-refractivity contribution in [2.24, 2.45) is 0 Å². The van der Waals surface area contributed by atoms with Crippen LogP contribution in [-0.4, -0.2) is 25.0 Å². The van der Waals surface area contributed by atoms with Gasteiger partial charge in [0.15, 0.2) is 0 Å². The molecule has 0 aliphatic rings. The molecule has 7 heteroatoms. The van der Waals surface area contributed by atoms with E-state index in [0.717, 1.165) is 5.56 Å². The molecule has 2 N–H and O–H groups in total. The summed E-state index contributed by atoms with van der Waals surface area (Å²) in [6.07, 6.45) is 2.99. The van der Waals surface area contributed by atoms with Gasteiger partial charge in [-0.2, -0.15) is 0 Å². The van der Waals surface area contributed by atoms with Crippen molar-refractivity contribution in [3.05, 3.63) is 69.1 Å². The van der Waals surface area contributed by atoms with Crippen molar-refractivity contribution in [2.45, 2.75) is 6.54 Å². The Morgan fingerprint density at radius 1 is 1.15 bits per heavy atom. The standard InChI is InChI=1S/C13H11N5O2/c19-12-10(6-14-13(20)15-12)11-8-18(17-16-11)7-9-4-2-1-3-5-9/h1-6,8H,7H2,(H2,14,15,19,20). The second-order valence-corrected chi connectivity index (χ2v) is 4.27. The summed E-state index contributed by atoms with van der Waals surface area (Å²) in [7, 11) is 0. The predicted octanol–water partition coefficient (Wildman–Crippen LogP) is 0.370. The summed E-state index contributed by atoms with van der Waals surface area (Å²) in [4.78, 5) is 27.2. The summed E-state index contributed by atoms with van der Waals surface area (Å²) in [6.45, 7) is 0.565. The lowest BCUT2D eigenvalue weighted by Crippen LogP contribution is -2.22. The molecular formula is C13H11N5O2. The highest BCUT2D eigenvalue weighted by molar-refractivity contribution is 5.54. The van der Waals surface area contributed by atoms with Gasteiger partial charge in [-0.25, -0.2) is 9.48 Å². The Hall–Kier alpha value is -2.96. The van der Waals surface area contributed by atoms with Gasteiger partial charge in [0, 0.05) is 6.20 Å². The Morgan fingerprint density at radius 3 is 2.70 bits per heavy atom. The molecule has 0 aliphatic heterocycles. The van der Waals surface area contributed by atoms with E-state index in [9.17, 15) is 9.59 Å². The number of H-pyrrole nitrogens is 2. The third-order valence-electron chi connectivity index (χ3n) is 2.82. The Labute approximate surface area is 112 Å². The molecule has 100 valence electrons. The van der Waals surface area contributed by atoms with Crippen LogP contribution in [0.3, 0.4) is 0 Å². The highest BCUT2D eigenvalue weighted by Crippen LogP contribution is 2.09. The topological polar surface area (TPSA) is 96.4 Å². The van der Waals surface area contributed by atoms with Gasteiger partial charge in [0.1, 0.15) is 5.69 Å². The quantitative estimate of drug-likeness (QED) is 0.718. The fourth-order valence-corrected chi connectivity index (χ4v) is 1.87. The molecular weight excluding hydrogens is 258 g/mol. The smallest absolute Gasteiger partial charge is 0.313 e. The normalized spacial score (nSPS) is 10.6. The maximum atomic E-state index is 11.7.